The Kier molecular flexibility index (Phi) is 5.73. The average molecular weight is 457 g/mol. The third-order valence-electron chi connectivity index (χ3n) is 5.35. The first-order valence-corrected chi connectivity index (χ1v) is 10.7. The molecule has 1 aliphatic heterocycles. The molecule has 1 fully saturated rings. The molecule has 0 bridgehead atoms. The molecule has 8 nitrogen and oxygen atoms in total. The van der Waals surface area contributed by atoms with Crippen molar-refractivity contribution in [1.29, 1.82) is 5.26 Å². The normalized spacial score (nSPS) is 15.5. The highest BCUT2D eigenvalue weighted by atomic mass is 35.5. The van der Waals surface area contributed by atoms with Crippen molar-refractivity contribution in [3.8, 4) is 6.19 Å². The standard InChI is InChI=1S/C21H22Cl2N8/c1-12(2)16-7-14(26-20-19(16)13(3)28-29(20)4)10-30-5-6-31(21(30)25-11-24)15-8-17(22)27-18(23)9-15/h7-9,12H,5-6,10H2,1-4H3/b25-21+. The maximum atomic E-state index is 9.30. The predicted octanol–water partition coefficient (Wildman–Crippen LogP) is 4.26. The Bertz CT molecular complexity index is 1200. The number of anilines is 1. The van der Waals surface area contributed by atoms with Gasteiger partial charge in [0.2, 0.25) is 12.2 Å². The van der Waals surface area contributed by atoms with E-state index in [4.69, 9.17) is 28.2 Å². The zero-order chi connectivity index (χ0) is 22.3. The van der Waals surface area contributed by atoms with E-state index in [1.54, 1.807) is 12.1 Å². The van der Waals surface area contributed by atoms with E-state index in [0.29, 0.717) is 31.5 Å². The smallest absolute Gasteiger partial charge is 0.217 e. The fourth-order valence-corrected chi connectivity index (χ4v) is 4.48. The van der Waals surface area contributed by atoms with Gasteiger partial charge in [-0.1, -0.05) is 37.0 Å². The minimum absolute atomic E-state index is 0.289. The van der Waals surface area contributed by atoms with E-state index in [9.17, 15) is 5.26 Å². The minimum atomic E-state index is 0.289. The van der Waals surface area contributed by atoms with Gasteiger partial charge in [-0.25, -0.2) is 9.97 Å². The highest BCUT2D eigenvalue weighted by Crippen LogP contribution is 2.30. The summed E-state index contributed by atoms with van der Waals surface area (Å²) in [6.45, 7) is 8.19. The number of halogens is 2. The summed E-state index contributed by atoms with van der Waals surface area (Å²) in [4.78, 5) is 16.9. The molecular weight excluding hydrogens is 435 g/mol. The van der Waals surface area contributed by atoms with Crippen LogP contribution in [0.15, 0.2) is 23.2 Å². The summed E-state index contributed by atoms with van der Waals surface area (Å²) in [6.07, 6.45) is 1.91. The van der Waals surface area contributed by atoms with Crippen LogP contribution in [-0.2, 0) is 13.6 Å². The number of aromatic nitrogens is 4. The van der Waals surface area contributed by atoms with E-state index in [1.807, 2.05) is 34.6 Å². The summed E-state index contributed by atoms with van der Waals surface area (Å²) in [6, 6.07) is 5.56. The molecule has 160 valence electrons. The molecule has 0 unspecified atom stereocenters. The number of nitriles is 1. The van der Waals surface area contributed by atoms with Crippen LogP contribution in [0.4, 0.5) is 5.69 Å². The van der Waals surface area contributed by atoms with E-state index in [-0.39, 0.29) is 10.3 Å². The van der Waals surface area contributed by atoms with Gasteiger partial charge in [0.1, 0.15) is 10.3 Å². The van der Waals surface area contributed by atoms with Crippen molar-refractivity contribution in [2.75, 3.05) is 18.0 Å². The summed E-state index contributed by atoms with van der Waals surface area (Å²) in [5, 5.41) is 15.5. The molecule has 4 heterocycles. The van der Waals surface area contributed by atoms with Crippen molar-refractivity contribution in [3.63, 3.8) is 0 Å². The van der Waals surface area contributed by atoms with Gasteiger partial charge in [0, 0.05) is 31.2 Å². The monoisotopic (exact) mass is 456 g/mol. The summed E-state index contributed by atoms with van der Waals surface area (Å²) >= 11 is 12.2. The number of hydrogen-bond donors (Lipinski definition) is 0. The van der Waals surface area contributed by atoms with Crippen molar-refractivity contribution in [1.82, 2.24) is 24.6 Å². The average Bonchev–Trinajstić information content (AvgIpc) is 3.21. The van der Waals surface area contributed by atoms with Gasteiger partial charge in [-0.05, 0) is 36.6 Å². The number of pyridine rings is 2. The van der Waals surface area contributed by atoms with Crippen molar-refractivity contribution in [2.24, 2.45) is 12.0 Å². The van der Waals surface area contributed by atoms with Crippen molar-refractivity contribution in [2.45, 2.75) is 33.2 Å². The van der Waals surface area contributed by atoms with Gasteiger partial charge >= 0.3 is 0 Å². The Morgan fingerprint density at radius 1 is 1.16 bits per heavy atom. The number of hydrogen-bond acceptors (Lipinski definition) is 5. The topological polar surface area (TPSA) is 86.2 Å². The van der Waals surface area contributed by atoms with Crippen LogP contribution in [-0.4, -0.2) is 43.7 Å². The van der Waals surface area contributed by atoms with Crippen LogP contribution in [0, 0.1) is 18.4 Å². The summed E-state index contributed by atoms with van der Waals surface area (Å²) in [5.41, 5.74) is 4.70. The first-order valence-electron chi connectivity index (χ1n) is 9.94. The number of aryl methyl sites for hydroxylation is 2. The Balaban J connectivity index is 1.71. The zero-order valence-electron chi connectivity index (χ0n) is 17.8. The Hall–Kier alpha value is -2.89. The van der Waals surface area contributed by atoms with Crippen LogP contribution in [0.5, 0.6) is 0 Å². The maximum Gasteiger partial charge on any atom is 0.217 e. The summed E-state index contributed by atoms with van der Waals surface area (Å²) < 4.78 is 1.82. The van der Waals surface area contributed by atoms with Crippen LogP contribution in [0.2, 0.25) is 10.3 Å². The number of aliphatic imine (C=N–C) groups is 1. The number of fused-ring (bicyclic) bond motifs is 1. The number of guanidine groups is 1. The second-order valence-electron chi connectivity index (χ2n) is 7.82. The highest BCUT2D eigenvalue weighted by Gasteiger charge is 2.29. The molecule has 10 heteroatoms. The SMILES string of the molecule is Cc1nn(C)c2nc(CN3CCN(c4cc(Cl)nc(Cl)c4)/C3=N/C#N)cc(C(C)C)c12. The van der Waals surface area contributed by atoms with Crippen LogP contribution in [0.25, 0.3) is 11.0 Å². The molecule has 0 aliphatic carbocycles. The molecule has 1 aliphatic rings. The lowest BCUT2D eigenvalue weighted by Crippen LogP contribution is -2.33. The first kappa shape index (κ1) is 21.3. The van der Waals surface area contributed by atoms with Crippen LogP contribution < -0.4 is 4.90 Å². The van der Waals surface area contributed by atoms with Gasteiger partial charge in [-0.2, -0.15) is 10.4 Å². The van der Waals surface area contributed by atoms with E-state index in [0.717, 1.165) is 28.1 Å². The minimum Gasteiger partial charge on any atom is -0.334 e. The fraction of sp³-hybridized carbons (Fsp3) is 0.381. The summed E-state index contributed by atoms with van der Waals surface area (Å²) in [5.74, 6) is 0.866. The van der Waals surface area contributed by atoms with E-state index < -0.39 is 0 Å². The molecule has 0 atom stereocenters. The predicted molar refractivity (Wildman–Crippen MR) is 122 cm³/mol. The van der Waals surface area contributed by atoms with E-state index >= 15 is 0 Å². The van der Waals surface area contributed by atoms with Gasteiger partial charge in [-0.15, -0.1) is 4.99 Å². The molecule has 4 rings (SSSR count). The van der Waals surface area contributed by atoms with E-state index in [2.05, 4.69) is 35.0 Å². The molecule has 0 N–H and O–H groups in total. The number of nitrogens with zero attached hydrogens (tertiary/aromatic N) is 8. The van der Waals surface area contributed by atoms with Crippen molar-refractivity contribution < 1.29 is 0 Å². The third-order valence-corrected chi connectivity index (χ3v) is 5.74. The van der Waals surface area contributed by atoms with Crippen molar-refractivity contribution in [3.05, 3.63) is 45.5 Å². The molecule has 3 aromatic heterocycles. The van der Waals surface area contributed by atoms with Gasteiger partial charge in [-0.3, -0.25) is 4.68 Å². The molecule has 0 saturated carbocycles. The fourth-order valence-electron chi connectivity index (χ4n) is 4.03. The van der Waals surface area contributed by atoms with Crippen molar-refractivity contribution >= 4 is 45.9 Å². The van der Waals surface area contributed by atoms with Gasteiger partial charge in [0.25, 0.3) is 0 Å². The third kappa shape index (κ3) is 4.03. The number of rotatable bonds is 4. The van der Waals surface area contributed by atoms with Gasteiger partial charge in [0.15, 0.2) is 5.65 Å². The van der Waals surface area contributed by atoms with E-state index in [1.165, 1.54) is 5.56 Å². The van der Waals surface area contributed by atoms with Crippen LogP contribution in [0.3, 0.4) is 0 Å². The van der Waals surface area contributed by atoms with Crippen LogP contribution in [0.1, 0.15) is 36.7 Å². The zero-order valence-corrected chi connectivity index (χ0v) is 19.3. The maximum absolute atomic E-state index is 9.30. The molecule has 0 aromatic carbocycles. The first-order chi connectivity index (χ1) is 14.8. The molecule has 0 radical (unpaired) electrons. The Morgan fingerprint density at radius 3 is 2.52 bits per heavy atom. The highest BCUT2D eigenvalue weighted by molar-refractivity contribution is 6.33. The molecule has 31 heavy (non-hydrogen) atoms. The second-order valence-corrected chi connectivity index (χ2v) is 8.60. The molecule has 3 aromatic rings. The molecule has 0 amide bonds. The van der Waals surface area contributed by atoms with Gasteiger partial charge in [0.05, 0.1) is 17.9 Å². The second kappa shape index (κ2) is 8.33. The van der Waals surface area contributed by atoms with Crippen LogP contribution >= 0.6 is 23.2 Å². The summed E-state index contributed by atoms with van der Waals surface area (Å²) in [7, 11) is 1.91. The molecule has 0 spiro atoms. The Morgan fingerprint density at radius 2 is 1.87 bits per heavy atom. The quantitative estimate of drug-likeness (QED) is 0.430. The molecule has 1 saturated heterocycles. The Labute approximate surface area is 190 Å². The lowest BCUT2D eigenvalue weighted by atomic mass is 9.99. The van der Waals surface area contributed by atoms with Gasteiger partial charge < -0.3 is 9.80 Å². The lowest BCUT2D eigenvalue weighted by Gasteiger charge is -2.22. The largest absolute Gasteiger partial charge is 0.334 e. The molecular formula is C21H22Cl2N8. The lowest BCUT2D eigenvalue weighted by molar-refractivity contribution is 0.450.